The van der Waals surface area contributed by atoms with Crippen LogP contribution in [0, 0.1) is 0 Å². The Balaban J connectivity index is 2.33. The zero-order valence-electron chi connectivity index (χ0n) is 16.5. The summed E-state index contributed by atoms with van der Waals surface area (Å²) in [5.41, 5.74) is 1.58. The summed E-state index contributed by atoms with van der Waals surface area (Å²) in [7, 11) is 2.27. The molecule has 0 amide bonds. The summed E-state index contributed by atoms with van der Waals surface area (Å²) in [4.78, 5) is 5.22. The molecule has 1 aromatic rings. The molecule has 0 spiro atoms. The average Bonchev–Trinajstić information content (AvgIpc) is 2.65. The van der Waals surface area contributed by atoms with Gasteiger partial charge in [-0.3, -0.25) is 4.90 Å². The number of rotatable bonds is 8. The van der Waals surface area contributed by atoms with E-state index in [2.05, 4.69) is 74.0 Å². The van der Waals surface area contributed by atoms with E-state index in [1.807, 2.05) is 0 Å². The standard InChI is InChI=1S/C22H35ClN2/c1-5-8-18-25(17-6-2)22(19-9-11-20(23)12-10-19)15-13-21(14-16-22)24(4)7-3/h5,8-12,21H,6-7,13-18H2,1-4H3. The van der Waals surface area contributed by atoms with Crippen LogP contribution in [-0.2, 0) is 5.54 Å². The molecular weight excluding hydrogens is 328 g/mol. The summed E-state index contributed by atoms with van der Waals surface area (Å²) >= 11 is 6.17. The molecule has 0 atom stereocenters. The van der Waals surface area contributed by atoms with Gasteiger partial charge in [0.05, 0.1) is 0 Å². The largest absolute Gasteiger partial charge is 0.304 e. The van der Waals surface area contributed by atoms with E-state index in [-0.39, 0.29) is 5.54 Å². The predicted octanol–water partition coefficient (Wildman–Crippen LogP) is 5.72. The van der Waals surface area contributed by atoms with Crippen LogP contribution in [0.1, 0.15) is 58.4 Å². The fourth-order valence-electron chi connectivity index (χ4n) is 4.31. The summed E-state index contributed by atoms with van der Waals surface area (Å²) in [6.45, 7) is 9.97. The second-order valence-corrected chi connectivity index (χ2v) is 7.79. The second kappa shape index (κ2) is 9.75. The van der Waals surface area contributed by atoms with Crippen LogP contribution in [-0.4, -0.2) is 42.5 Å². The lowest BCUT2D eigenvalue weighted by molar-refractivity contribution is 0.0297. The van der Waals surface area contributed by atoms with Crippen molar-refractivity contribution < 1.29 is 0 Å². The van der Waals surface area contributed by atoms with E-state index < -0.39 is 0 Å². The van der Waals surface area contributed by atoms with Crippen molar-refractivity contribution in [2.45, 2.75) is 64.5 Å². The van der Waals surface area contributed by atoms with Gasteiger partial charge in [0.25, 0.3) is 0 Å². The number of hydrogen-bond donors (Lipinski definition) is 0. The van der Waals surface area contributed by atoms with Crippen molar-refractivity contribution in [1.29, 1.82) is 0 Å². The van der Waals surface area contributed by atoms with Crippen LogP contribution in [0.2, 0.25) is 5.02 Å². The first-order valence-corrected chi connectivity index (χ1v) is 10.3. The molecule has 140 valence electrons. The maximum atomic E-state index is 6.17. The third-order valence-electron chi connectivity index (χ3n) is 5.95. The van der Waals surface area contributed by atoms with E-state index >= 15 is 0 Å². The summed E-state index contributed by atoms with van der Waals surface area (Å²) in [5, 5.41) is 0.828. The third-order valence-corrected chi connectivity index (χ3v) is 6.20. The normalized spacial score (nSPS) is 24.5. The number of allylic oxidation sites excluding steroid dienone is 1. The first-order chi connectivity index (χ1) is 12.1. The van der Waals surface area contributed by atoms with Gasteiger partial charge < -0.3 is 4.90 Å². The van der Waals surface area contributed by atoms with Gasteiger partial charge in [-0.2, -0.15) is 0 Å². The third kappa shape index (κ3) is 4.87. The minimum absolute atomic E-state index is 0.144. The van der Waals surface area contributed by atoms with E-state index in [0.29, 0.717) is 0 Å². The number of hydrogen-bond acceptors (Lipinski definition) is 2. The lowest BCUT2D eigenvalue weighted by Gasteiger charge is -2.49. The fourth-order valence-corrected chi connectivity index (χ4v) is 4.44. The second-order valence-electron chi connectivity index (χ2n) is 7.36. The Bertz CT molecular complexity index is 529. The van der Waals surface area contributed by atoms with E-state index in [1.165, 1.54) is 37.7 Å². The van der Waals surface area contributed by atoms with Crippen LogP contribution < -0.4 is 0 Å². The number of benzene rings is 1. The summed E-state index contributed by atoms with van der Waals surface area (Å²) in [6, 6.07) is 9.34. The van der Waals surface area contributed by atoms with Gasteiger partial charge >= 0.3 is 0 Å². The molecule has 3 heteroatoms. The van der Waals surface area contributed by atoms with Gasteiger partial charge in [0.1, 0.15) is 0 Å². The van der Waals surface area contributed by atoms with Crippen LogP contribution in [0.5, 0.6) is 0 Å². The molecule has 1 saturated carbocycles. The Morgan fingerprint density at radius 3 is 2.32 bits per heavy atom. The topological polar surface area (TPSA) is 6.48 Å². The van der Waals surface area contributed by atoms with Crippen molar-refractivity contribution in [3.05, 3.63) is 47.0 Å². The molecule has 1 aliphatic carbocycles. The van der Waals surface area contributed by atoms with Crippen molar-refractivity contribution in [3.8, 4) is 0 Å². The van der Waals surface area contributed by atoms with Crippen molar-refractivity contribution in [3.63, 3.8) is 0 Å². The molecule has 0 N–H and O–H groups in total. The SMILES string of the molecule is CC=CCN(CCC)C1(c2ccc(Cl)cc2)CCC(N(C)CC)CC1. The monoisotopic (exact) mass is 362 g/mol. The predicted molar refractivity (Wildman–Crippen MR) is 110 cm³/mol. The van der Waals surface area contributed by atoms with Gasteiger partial charge in [-0.1, -0.05) is 49.7 Å². The van der Waals surface area contributed by atoms with E-state index in [0.717, 1.165) is 30.7 Å². The lowest BCUT2D eigenvalue weighted by Crippen LogP contribution is -2.51. The molecule has 0 heterocycles. The zero-order chi connectivity index (χ0) is 18.3. The summed E-state index contributed by atoms with van der Waals surface area (Å²) in [5.74, 6) is 0. The highest BCUT2D eigenvalue weighted by Gasteiger charge is 2.41. The first-order valence-electron chi connectivity index (χ1n) is 9.89. The molecule has 0 unspecified atom stereocenters. The number of halogens is 1. The van der Waals surface area contributed by atoms with Crippen molar-refractivity contribution in [2.75, 3.05) is 26.7 Å². The minimum Gasteiger partial charge on any atom is -0.304 e. The molecule has 2 rings (SSSR count). The van der Waals surface area contributed by atoms with Crippen LogP contribution >= 0.6 is 11.6 Å². The highest BCUT2D eigenvalue weighted by Crippen LogP contribution is 2.43. The summed E-state index contributed by atoms with van der Waals surface area (Å²) < 4.78 is 0. The molecule has 0 aromatic heterocycles. The maximum absolute atomic E-state index is 6.17. The Hall–Kier alpha value is -0.830. The van der Waals surface area contributed by atoms with E-state index in [1.54, 1.807) is 0 Å². The molecule has 0 saturated heterocycles. The highest BCUT2D eigenvalue weighted by molar-refractivity contribution is 6.30. The molecule has 1 aromatic carbocycles. The zero-order valence-corrected chi connectivity index (χ0v) is 17.2. The van der Waals surface area contributed by atoms with E-state index in [4.69, 9.17) is 11.6 Å². The van der Waals surface area contributed by atoms with Crippen LogP contribution in [0.25, 0.3) is 0 Å². The molecule has 1 fully saturated rings. The van der Waals surface area contributed by atoms with Gasteiger partial charge in [-0.05, 0) is 76.9 Å². The van der Waals surface area contributed by atoms with Crippen LogP contribution in [0.4, 0.5) is 0 Å². The number of nitrogens with zero attached hydrogens (tertiary/aromatic N) is 2. The smallest absolute Gasteiger partial charge is 0.0465 e. The van der Waals surface area contributed by atoms with E-state index in [9.17, 15) is 0 Å². The molecule has 2 nitrogen and oxygen atoms in total. The van der Waals surface area contributed by atoms with Crippen molar-refractivity contribution in [2.24, 2.45) is 0 Å². The van der Waals surface area contributed by atoms with Gasteiger partial charge in [0, 0.05) is 23.1 Å². The Morgan fingerprint density at radius 2 is 1.80 bits per heavy atom. The molecule has 0 bridgehead atoms. The van der Waals surface area contributed by atoms with Gasteiger partial charge in [0.2, 0.25) is 0 Å². The van der Waals surface area contributed by atoms with Gasteiger partial charge in [-0.25, -0.2) is 0 Å². The molecule has 0 radical (unpaired) electrons. The quantitative estimate of drug-likeness (QED) is 0.546. The van der Waals surface area contributed by atoms with Crippen molar-refractivity contribution >= 4 is 11.6 Å². The minimum atomic E-state index is 0.144. The Morgan fingerprint density at radius 1 is 1.16 bits per heavy atom. The van der Waals surface area contributed by atoms with Gasteiger partial charge in [0.15, 0.2) is 0 Å². The maximum Gasteiger partial charge on any atom is 0.0465 e. The molecule has 1 aliphatic rings. The Labute approximate surface area is 159 Å². The molecule has 25 heavy (non-hydrogen) atoms. The first kappa shape index (κ1) is 20.5. The average molecular weight is 363 g/mol. The molecular formula is C22H35ClN2. The highest BCUT2D eigenvalue weighted by atomic mass is 35.5. The van der Waals surface area contributed by atoms with Gasteiger partial charge in [-0.15, -0.1) is 0 Å². The fraction of sp³-hybridized carbons (Fsp3) is 0.636. The summed E-state index contributed by atoms with van der Waals surface area (Å²) in [6.07, 6.45) is 10.6. The van der Waals surface area contributed by atoms with Crippen LogP contribution in [0.15, 0.2) is 36.4 Å². The van der Waals surface area contributed by atoms with Crippen LogP contribution in [0.3, 0.4) is 0 Å². The lowest BCUT2D eigenvalue weighted by atomic mass is 9.73. The Kier molecular flexibility index (Phi) is 7.99. The molecule has 0 aliphatic heterocycles. The van der Waals surface area contributed by atoms with Crippen molar-refractivity contribution in [1.82, 2.24) is 9.80 Å².